The molecule has 0 saturated heterocycles. The Kier molecular flexibility index (Phi) is 6.82. The third kappa shape index (κ3) is 5.80. The summed E-state index contributed by atoms with van der Waals surface area (Å²) in [6.45, 7) is 5.98. The zero-order chi connectivity index (χ0) is 15.6. The highest BCUT2D eigenvalue weighted by Crippen LogP contribution is 2.18. The van der Waals surface area contributed by atoms with E-state index in [9.17, 15) is 0 Å². The van der Waals surface area contributed by atoms with Gasteiger partial charge in [0, 0.05) is 18.3 Å². The van der Waals surface area contributed by atoms with Gasteiger partial charge in [-0.2, -0.15) is 0 Å². The van der Waals surface area contributed by atoms with E-state index < -0.39 is 0 Å². The SMILES string of the molecule is CCCCCCOc1cccc(NCc2ccc(C)cc2)c1. The van der Waals surface area contributed by atoms with Gasteiger partial charge in [-0.3, -0.25) is 0 Å². The van der Waals surface area contributed by atoms with E-state index in [2.05, 4.69) is 55.6 Å². The quantitative estimate of drug-likeness (QED) is 0.611. The van der Waals surface area contributed by atoms with Crippen molar-refractivity contribution in [1.82, 2.24) is 0 Å². The van der Waals surface area contributed by atoms with Crippen molar-refractivity contribution in [2.45, 2.75) is 46.1 Å². The molecule has 0 atom stereocenters. The van der Waals surface area contributed by atoms with Crippen LogP contribution in [-0.4, -0.2) is 6.61 Å². The fourth-order valence-corrected chi connectivity index (χ4v) is 2.32. The number of nitrogens with one attached hydrogen (secondary N) is 1. The van der Waals surface area contributed by atoms with Crippen LogP contribution in [0.4, 0.5) is 5.69 Å². The smallest absolute Gasteiger partial charge is 0.121 e. The molecule has 2 heteroatoms. The number of ether oxygens (including phenoxy) is 1. The molecule has 0 fully saturated rings. The number of hydrogen-bond donors (Lipinski definition) is 1. The first-order valence-corrected chi connectivity index (χ1v) is 8.30. The van der Waals surface area contributed by atoms with Gasteiger partial charge in [-0.1, -0.05) is 62.1 Å². The second-order valence-electron chi connectivity index (χ2n) is 5.78. The molecular weight excluding hydrogens is 270 g/mol. The van der Waals surface area contributed by atoms with Gasteiger partial charge < -0.3 is 10.1 Å². The summed E-state index contributed by atoms with van der Waals surface area (Å²) in [7, 11) is 0. The van der Waals surface area contributed by atoms with Crippen molar-refractivity contribution in [1.29, 1.82) is 0 Å². The summed E-state index contributed by atoms with van der Waals surface area (Å²) < 4.78 is 5.82. The van der Waals surface area contributed by atoms with E-state index in [1.807, 2.05) is 12.1 Å². The van der Waals surface area contributed by atoms with Crippen molar-refractivity contribution in [2.24, 2.45) is 0 Å². The third-order valence-corrected chi connectivity index (χ3v) is 3.72. The Hall–Kier alpha value is -1.96. The molecule has 2 aromatic rings. The van der Waals surface area contributed by atoms with E-state index in [1.54, 1.807) is 0 Å². The Balaban J connectivity index is 1.79. The Labute approximate surface area is 134 Å². The molecule has 0 amide bonds. The number of rotatable bonds is 9. The molecule has 22 heavy (non-hydrogen) atoms. The maximum absolute atomic E-state index is 5.82. The van der Waals surface area contributed by atoms with Crippen LogP contribution in [0.25, 0.3) is 0 Å². The zero-order valence-electron chi connectivity index (χ0n) is 13.8. The number of benzene rings is 2. The van der Waals surface area contributed by atoms with Gasteiger partial charge in [-0.25, -0.2) is 0 Å². The van der Waals surface area contributed by atoms with Crippen LogP contribution in [-0.2, 0) is 6.54 Å². The van der Waals surface area contributed by atoms with Crippen LogP contribution in [0.15, 0.2) is 48.5 Å². The van der Waals surface area contributed by atoms with Crippen molar-refractivity contribution in [3.8, 4) is 5.75 Å². The van der Waals surface area contributed by atoms with Gasteiger partial charge in [0.05, 0.1) is 6.61 Å². The fourth-order valence-electron chi connectivity index (χ4n) is 2.32. The van der Waals surface area contributed by atoms with Gasteiger partial charge in [0.15, 0.2) is 0 Å². The largest absolute Gasteiger partial charge is 0.494 e. The highest BCUT2D eigenvalue weighted by atomic mass is 16.5. The van der Waals surface area contributed by atoms with E-state index in [-0.39, 0.29) is 0 Å². The summed E-state index contributed by atoms with van der Waals surface area (Å²) in [5, 5.41) is 3.45. The standard InChI is InChI=1S/C20H27NO/c1-3-4-5-6-14-22-20-9-7-8-19(15-20)21-16-18-12-10-17(2)11-13-18/h7-13,15,21H,3-6,14,16H2,1-2H3. The Morgan fingerprint density at radius 1 is 0.955 bits per heavy atom. The van der Waals surface area contributed by atoms with Crippen LogP contribution in [0.5, 0.6) is 5.75 Å². The average molecular weight is 297 g/mol. The maximum atomic E-state index is 5.82. The van der Waals surface area contributed by atoms with Gasteiger partial charge in [0.2, 0.25) is 0 Å². The van der Waals surface area contributed by atoms with Crippen LogP contribution in [0.1, 0.15) is 43.7 Å². The highest BCUT2D eigenvalue weighted by molar-refractivity contribution is 5.48. The summed E-state index contributed by atoms with van der Waals surface area (Å²) >= 11 is 0. The molecule has 0 heterocycles. The van der Waals surface area contributed by atoms with Crippen molar-refractivity contribution in [2.75, 3.05) is 11.9 Å². The average Bonchev–Trinajstić information content (AvgIpc) is 2.55. The first kappa shape index (κ1) is 16.4. The van der Waals surface area contributed by atoms with E-state index in [1.165, 1.54) is 30.4 Å². The lowest BCUT2D eigenvalue weighted by atomic mass is 10.1. The number of hydrogen-bond acceptors (Lipinski definition) is 2. The molecular formula is C20H27NO. The van der Waals surface area contributed by atoms with Crippen molar-refractivity contribution in [3.63, 3.8) is 0 Å². The van der Waals surface area contributed by atoms with Crippen LogP contribution in [0.2, 0.25) is 0 Å². The van der Waals surface area contributed by atoms with Crippen molar-refractivity contribution in [3.05, 3.63) is 59.7 Å². The van der Waals surface area contributed by atoms with Crippen LogP contribution in [0.3, 0.4) is 0 Å². The van der Waals surface area contributed by atoms with Gasteiger partial charge in [0.25, 0.3) is 0 Å². The Morgan fingerprint density at radius 3 is 2.55 bits per heavy atom. The number of unbranched alkanes of at least 4 members (excludes halogenated alkanes) is 3. The first-order valence-electron chi connectivity index (χ1n) is 8.30. The minimum absolute atomic E-state index is 0.807. The summed E-state index contributed by atoms with van der Waals surface area (Å²) in [6, 6.07) is 16.8. The lowest BCUT2D eigenvalue weighted by Gasteiger charge is -2.10. The van der Waals surface area contributed by atoms with E-state index in [4.69, 9.17) is 4.74 Å². The Bertz CT molecular complexity index is 548. The van der Waals surface area contributed by atoms with Gasteiger partial charge in [0.1, 0.15) is 5.75 Å². The molecule has 0 aromatic heterocycles. The monoisotopic (exact) mass is 297 g/mol. The van der Waals surface area contributed by atoms with Crippen molar-refractivity contribution < 1.29 is 4.74 Å². The molecule has 2 nitrogen and oxygen atoms in total. The third-order valence-electron chi connectivity index (χ3n) is 3.72. The molecule has 2 rings (SSSR count). The summed E-state index contributed by atoms with van der Waals surface area (Å²) in [5.41, 5.74) is 3.69. The molecule has 0 spiro atoms. The predicted molar refractivity (Wildman–Crippen MR) is 94.6 cm³/mol. The molecule has 0 radical (unpaired) electrons. The molecule has 0 unspecified atom stereocenters. The lowest BCUT2D eigenvalue weighted by Crippen LogP contribution is -2.01. The summed E-state index contributed by atoms with van der Waals surface area (Å²) in [6.07, 6.45) is 4.94. The summed E-state index contributed by atoms with van der Waals surface area (Å²) in [5.74, 6) is 0.949. The zero-order valence-corrected chi connectivity index (χ0v) is 13.8. The lowest BCUT2D eigenvalue weighted by molar-refractivity contribution is 0.305. The van der Waals surface area contributed by atoms with Gasteiger partial charge in [-0.05, 0) is 31.0 Å². The maximum Gasteiger partial charge on any atom is 0.121 e. The minimum atomic E-state index is 0.807. The van der Waals surface area contributed by atoms with Crippen LogP contribution >= 0.6 is 0 Å². The predicted octanol–water partition coefficient (Wildman–Crippen LogP) is 5.57. The molecule has 118 valence electrons. The van der Waals surface area contributed by atoms with E-state index in [0.29, 0.717) is 0 Å². The highest BCUT2D eigenvalue weighted by Gasteiger charge is 1.98. The molecule has 0 aliphatic rings. The van der Waals surface area contributed by atoms with Gasteiger partial charge >= 0.3 is 0 Å². The second-order valence-corrected chi connectivity index (χ2v) is 5.78. The number of anilines is 1. The van der Waals surface area contributed by atoms with Crippen LogP contribution < -0.4 is 10.1 Å². The fraction of sp³-hybridized carbons (Fsp3) is 0.400. The van der Waals surface area contributed by atoms with Crippen molar-refractivity contribution >= 4 is 5.69 Å². The summed E-state index contributed by atoms with van der Waals surface area (Å²) in [4.78, 5) is 0. The molecule has 0 aliphatic carbocycles. The second kappa shape index (κ2) is 9.14. The Morgan fingerprint density at radius 2 is 1.77 bits per heavy atom. The van der Waals surface area contributed by atoms with Crippen LogP contribution in [0, 0.1) is 6.92 Å². The minimum Gasteiger partial charge on any atom is -0.494 e. The van der Waals surface area contributed by atoms with E-state index >= 15 is 0 Å². The molecule has 0 saturated carbocycles. The normalized spacial score (nSPS) is 10.5. The topological polar surface area (TPSA) is 21.3 Å². The molecule has 2 aromatic carbocycles. The van der Waals surface area contributed by atoms with E-state index in [0.717, 1.165) is 31.0 Å². The number of aryl methyl sites for hydroxylation is 1. The molecule has 0 aliphatic heterocycles. The first-order chi connectivity index (χ1) is 10.8. The molecule has 1 N–H and O–H groups in total. The van der Waals surface area contributed by atoms with Gasteiger partial charge in [-0.15, -0.1) is 0 Å². The molecule has 0 bridgehead atoms.